The van der Waals surface area contributed by atoms with Crippen LogP contribution in [-0.4, -0.2) is 29.3 Å². The molecule has 4 heterocycles. The van der Waals surface area contributed by atoms with E-state index in [0.717, 1.165) is 18.5 Å². The number of benzene rings is 1. The van der Waals surface area contributed by atoms with Crippen molar-refractivity contribution in [1.82, 2.24) is 4.90 Å². The van der Waals surface area contributed by atoms with Gasteiger partial charge in [0.05, 0.1) is 9.58 Å². The van der Waals surface area contributed by atoms with E-state index in [1.54, 1.807) is 6.07 Å². The van der Waals surface area contributed by atoms with Crippen LogP contribution in [0.1, 0.15) is 42.8 Å². The Balaban J connectivity index is 1.60. The van der Waals surface area contributed by atoms with Gasteiger partial charge in [0.1, 0.15) is 5.82 Å². The van der Waals surface area contributed by atoms with Crippen LogP contribution in [0.5, 0.6) is 0 Å². The number of Topliss-reactive ketones (excluding diaryl/α,β-unsaturated/α-hetero) is 1. The monoisotopic (exact) mass is 331 g/mol. The third-order valence-corrected chi connectivity index (χ3v) is 7.21. The molecule has 3 aliphatic heterocycles. The predicted molar refractivity (Wildman–Crippen MR) is 92.6 cm³/mol. The first-order valence-corrected chi connectivity index (χ1v) is 9.25. The fourth-order valence-electron chi connectivity index (χ4n) is 4.57. The number of carbonyl (C=O) groups is 1. The average Bonchev–Trinajstić information content (AvgIpc) is 2.97. The lowest BCUT2D eigenvalue weighted by Crippen LogP contribution is -2.61. The van der Waals surface area contributed by atoms with Crippen LogP contribution in [0, 0.1) is 17.7 Å². The van der Waals surface area contributed by atoms with Crippen molar-refractivity contribution >= 4 is 27.2 Å². The van der Waals surface area contributed by atoms with Gasteiger partial charge in [-0.3, -0.25) is 9.69 Å². The second-order valence-electron chi connectivity index (χ2n) is 7.48. The van der Waals surface area contributed by atoms with Crippen LogP contribution in [0.4, 0.5) is 4.39 Å². The molecule has 0 spiro atoms. The van der Waals surface area contributed by atoms with Crippen LogP contribution in [0.25, 0.3) is 10.1 Å². The highest BCUT2D eigenvalue weighted by atomic mass is 32.1. The number of fused-ring (bicyclic) bond motifs is 4. The number of hydrogen-bond donors (Lipinski definition) is 0. The number of hydrogen-bond acceptors (Lipinski definition) is 3. The maximum Gasteiger partial charge on any atom is 0.173 e. The van der Waals surface area contributed by atoms with E-state index in [9.17, 15) is 9.18 Å². The fourth-order valence-corrected chi connectivity index (χ4v) is 5.58. The molecule has 3 saturated heterocycles. The van der Waals surface area contributed by atoms with Gasteiger partial charge in [0.25, 0.3) is 0 Å². The lowest BCUT2D eigenvalue weighted by atomic mass is 9.65. The van der Waals surface area contributed by atoms with Crippen molar-refractivity contribution in [2.45, 2.75) is 38.6 Å². The van der Waals surface area contributed by atoms with Gasteiger partial charge in [-0.2, -0.15) is 0 Å². The number of thiophene rings is 1. The van der Waals surface area contributed by atoms with E-state index in [-0.39, 0.29) is 17.1 Å². The molecule has 2 bridgehead atoms. The molecular weight excluding hydrogens is 309 g/mol. The zero-order valence-corrected chi connectivity index (χ0v) is 14.5. The van der Waals surface area contributed by atoms with Crippen LogP contribution in [0.2, 0.25) is 0 Å². The molecule has 0 aliphatic carbocycles. The van der Waals surface area contributed by atoms with Gasteiger partial charge < -0.3 is 0 Å². The minimum absolute atomic E-state index is 0.0960. The van der Waals surface area contributed by atoms with Crippen molar-refractivity contribution in [3.63, 3.8) is 0 Å². The van der Waals surface area contributed by atoms with Crippen LogP contribution >= 0.6 is 11.3 Å². The van der Waals surface area contributed by atoms with Crippen molar-refractivity contribution in [2.24, 2.45) is 11.8 Å². The first-order chi connectivity index (χ1) is 11.0. The summed E-state index contributed by atoms with van der Waals surface area (Å²) in [7, 11) is 0. The molecule has 2 nitrogen and oxygen atoms in total. The lowest BCUT2D eigenvalue weighted by molar-refractivity contribution is -0.0643. The summed E-state index contributed by atoms with van der Waals surface area (Å²) in [5, 5.41) is 0.839. The van der Waals surface area contributed by atoms with E-state index in [0.29, 0.717) is 27.8 Å². The third kappa shape index (κ3) is 2.43. The van der Waals surface area contributed by atoms with Gasteiger partial charge >= 0.3 is 0 Å². The molecule has 2 aromatic rings. The zero-order chi connectivity index (χ0) is 16.2. The number of carbonyl (C=O) groups excluding carboxylic acids is 1. The summed E-state index contributed by atoms with van der Waals surface area (Å²) >= 11 is 1.30. The molecule has 0 saturated carbocycles. The topological polar surface area (TPSA) is 20.3 Å². The Kier molecular flexibility index (Phi) is 3.58. The summed E-state index contributed by atoms with van der Waals surface area (Å²) in [4.78, 5) is 16.1. The minimum atomic E-state index is -0.227. The van der Waals surface area contributed by atoms with Crippen LogP contribution in [0.3, 0.4) is 0 Å². The quantitative estimate of drug-likeness (QED) is 0.758. The van der Waals surface area contributed by atoms with E-state index < -0.39 is 0 Å². The van der Waals surface area contributed by atoms with Gasteiger partial charge in [0, 0.05) is 12.0 Å². The van der Waals surface area contributed by atoms with E-state index in [2.05, 4.69) is 18.7 Å². The average molecular weight is 331 g/mol. The second-order valence-corrected chi connectivity index (χ2v) is 8.53. The van der Waals surface area contributed by atoms with Gasteiger partial charge in [-0.05, 0) is 69.1 Å². The number of piperidine rings is 3. The van der Waals surface area contributed by atoms with Gasteiger partial charge in [-0.1, -0.05) is 12.1 Å². The predicted octanol–water partition coefficient (Wildman–Crippen LogP) is 4.73. The summed E-state index contributed by atoms with van der Waals surface area (Å²) in [5.74, 6) is 1.02. The Morgan fingerprint density at radius 3 is 2.74 bits per heavy atom. The molecule has 4 heteroatoms. The molecule has 1 aromatic carbocycles. The Labute approximate surface area is 140 Å². The van der Waals surface area contributed by atoms with Gasteiger partial charge in [0.2, 0.25) is 0 Å². The molecule has 0 N–H and O–H groups in total. The molecule has 3 aliphatic rings. The van der Waals surface area contributed by atoms with Gasteiger partial charge in [-0.15, -0.1) is 11.3 Å². The summed E-state index contributed by atoms with van der Waals surface area (Å²) in [6.45, 7) is 6.88. The molecule has 1 aromatic heterocycles. The maximum atomic E-state index is 13.9. The van der Waals surface area contributed by atoms with Crippen molar-refractivity contribution in [1.29, 1.82) is 0 Å². The summed E-state index contributed by atoms with van der Waals surface area (Å²) in [6.07, 6.45) is 3.01. The minimum Gasteiger partial charge on any atom is -0.298 e. The Bertz CT molecular complexity index is 758. The zero-order valence-electron chi connectivity index (χ0n) is 13.6. The molecule has 5 rings (SSSR count). The van der Waals surface area contributed by atoms with Crippen molar-refractivity contribution in [2.75, 3.05) is 13.1 Å². The highest BCUT2D eigenvalue weighted by Gasteiger charge is 2.47. The molecule has 1 atom stereocenters. The molecule has 0 amide bonds. The molecule has 0 radical (unpaired) electrons. The molecule has 3 fully saturated rings. The summed E-state index contributed by atoms with van der Waals surface area (Å²) in [5.41, 5.74) is 0.0960. The summed E-state index contributed by atoms with van der Waals surface area (Å²) in [6, 6.07) is 6.91. The lowest BCUT2D eigenvalue weighted by Gasteiger charge is -2.56. The van der Waals surface area contributed by atoms with E-state index in [4.69, 9.17) is 0 Å². The second kappa shape index (κ2) is 5.38. The molecular formula is C19H22FNOS. The van der Waals surface area contributed by atoms with Crippen LogP contribution in [0.15, 0.2) is 24.3 Å². The Morgan fingerprint density at radius 1 is 1.35 bits per heavy atom. The SMILES string of the molecule is CC1(C)[C@@H](CC(=O)c2cc3cccc(F)c3s2)C2CCN1CC2. The van der Waals surface area contributed by atoms with Crippen molar-refractivity contribution in [3.05, 3.63) is 35.0 Å². The number of halogens is 1. The smallest absolute Gasteiger partial charge is 0.173 e. The van der Waals surface area contributed by atoms with Crippen molar-refractivity contribution < 1.29 is 9.18 Å². The first-order valence-electron chi connectivity index (χ1n) is 8.43. The van der Waals surface area contributed by atoms with Crippen LogP contribution < -0.4 is 0 Å². The maximum absolute atomic E-state index is 13.9. The van der Waals surface area contributed by atoms with Crippen molar-refractivity contribution in [3.8, 4) is 0 Å². The first kappa shape index (κ1) is 15.3. The highest BCUT2D eigenvalue weighted by molar-refractivity contribution is 7.20. The van der Waals surface area contributed by atoms with E-state index in [1.165, 1.54) is 30.2 Å². The van der Waals surface area contributed by atoms with Gasteiger partial charge in [0.15, 0.2) is 5.78 Å². The fraction of sp³-hybridized carbons (Fsp3) is 0.526. The van der Waals surface area contributed by atoms with Crippen LogP contribution in [-0.2, 0) is 0 Å². The standard InChI is InChI=1S/C19H22FNOS/c1-19(2)14(12-6-8-21(19)9-7-12)11-16(22)17-10-13-4-3-5-15(20)18(13)23-17/h3-5,10,12,14H,6-9,11H2,1-2H3/t14-/m0/s1. The molecule has 23 heavy (non-hydrogen) atoms. The Morgan fingerprint density at radius 2 is 2.09 bits per heavy atom. The molecule has 122 valence electrons. The van der Waals surface area contributed by atoms with Gasteiger partial charge in [-0.25, -0.2) is 4.39 Å². The van der Waals surface area contributed by atoms with E-state index in [1.807, 2.05) is 12.1 Å². The molecule has 0 unspecified atom stereocenters. The Hall–Kier alpha value is -1.26. The number of nitrogens with zero attached hydrogens (tertiary/aromatic N) is 1. The third-order valence-electron chi connectivity index (χ3n) is 6.01. The number of rotatable bonds is 3. The number of ketones is 1. The largest absolute Gasteiger partial charge is 0.298 e. The van der Waals surface area contributed by atoms with E-state index >= 15 is 0 Å². The normalized spacial score (nSPS) is 29.1. The summed E-state index contributed by atoms with van der Waals surface area (Å²) < 4.78 is 14.5. The highest BCUT2D eigenvalue weighted by Crippen LogP contribution is 2.46.